The first kappa shape index (κ1) is 27.6. The number of hydrogen-bond acceptors (Lipinski definition) is 5. The van der Waals surface area contributed by atoms with E-state index in [1.807, 2.05) is 50.2 Å². The summed E-state index contributed by atoms with van der Waals surface area (Å²) in [6.45, 7) is 6.39. The van der Waals surface area contributed by atoms with Crippen LogP contribution in [0.25, 0.3) is 16.5 Å². The minimum absolute atomic E-state index is 0.150. The number of carbonyl (C=O) groups is 3. The molecule has 2 N–H and O–H groups in total. The molecular formula is C32H30FN3O5. The molecule has 0 aliphatic carbocycles. The fraction of sp³-hybridized carbons (Fsp3) is 0.219. The molecule has 41 heavy (non-hydrogen) atoms. The fourth-order valence-electron chi connectivity index (χ4n) is 5.08. The first-order chi connectivity index (χ1) is 19.7. The molecule has 8 nitrogen and oxygen atoms in total. The second kappa shape index (κ2) is 11.3. The van der Waals surface area contributed by atoms with Crippen LogP contribution in [0, 0.1) is 5.82 Å². The molecule has 3 aromatic carbocycles. The van der Waals surface area contributed by atoms with E-state index < -0.39 is 23.3 Å². The summed E-state index contributed by atoms with van der Waals surface area (Å²) in [5, 5.41) is 3.55. The number of amides is 2. The van der Waals surface area contributed by atoms with Crippen LogP contribution >= 0.6 is 0 Å². The van der Waals surface area contributed by atoms with Gasteiger partial charge in [-0.3, -0.25) is 4.79 Å². The van der Waals surface area contributed by atoms with Gasteiger partial charge in [0.2, 0.25) is 0 Å². The van der Waals surface area contributed by atoms with Crippen molar-refractivity contribution in [2.45, 2.75) is 32.7 Å². The van der Waals surface area contributed by atoms with Crippen molar-refractivity contribution in [3.8, 4) is 5.75 Å². The summed E-state index contributed by atoms with van der Waals surface area (Å²) in [4.78, 5) is 43.8. The highest BCUT2D eigenvalue weighted by molar-refractivity contribution is 6.18. The molecule has 1 aromatic heterocycles. The van der Waals surface area contributed by atoms with Crippen molar-refractivity contribution >= 4 is 34.4 Å². The Morgan fingerprint density at radius 1 is 1.02 bits per heavy atom. The van der Waals surface area contributed by atoms with Crippen LogP contribution in [0.4, 0.5) is 9.18 Å². The normalized spacial score (nSPS) is 14.0. The van der Waals surface area contributed by atoms with Crippen molar-refractivity contribution in [1.29, 1.82) is 0 Å². The van der Waals surface area contributed by atoms with Crippen molar-refractivity contribution in [3.63, 3.8) is 0 Å². The van der Waals surface area contributed by atoms with Crippen LogP contribution in [0.2, 0.25) is 0 Å². The zero-order valence-electron chi connectivity index (χ0n) is 23.0. The number of benzene rings is 3. The molecule has 4 aromatic rings. The van der Waals surface area contributed by atoms with Gasteiger partial charge in [-0.15, -0.1) is 0 Å². The molecule has 5 rings (SSSR count). The number of halogens is 1. The molecule has 2 heterocycles. The van der Waals surface area contributed by atoms with Gasteiger partial charge in [-0.05, 0) is 54.4 Å². The van der Waals surface area contributed by atoms with Crippen molar-refractivity contribution < 1.29 is 28.2 Å². The number of hydrogen-bond donors (Lipinski definition) is 2. The van der Waals surface area contributed by atoms with Gasteiger partial charge in [-0.25, -0.2) is 14.0 Å². The van der Waals surface area contributed by atoms with Gasteiger partial charge in [0.15, 0.2) is 0 Å². The highest BCUT2D eigenvalue weighted by atomic mass is 19.1. The molecule has 210 valence electrons. The number of aromatic amines is 1. The lowest BCUT2D eigenvalue weighted by Crippen LogP contribution is -2.37. The standard InChI is InChI=1S/C32H30FN3O5/c1-4-40-30(38)25-18-36(29(37)21-10-12-22(33)13-11-21)19-32(2,3)27-24-15-14-23(16-26(24)35-28(25)27)41-31(39)34-17-20-8-6-5-7-9-20/h5-16,18,35H,4,17,19H2,1-3H3,(H,34,39). The third-order valence-electron chi connectivity index (χ3n) is 6.90. The summed E-state index contributed by atoms with van der Waals surface area (Å²) >= 11 is 0. The SMILES string of the molecule is CCOC(=O)C1=CN(C(=O)c2ccc(F)cc2)CC(C)(C)c2c1[nH]c1cc(OC(=O)NCc3ccccc3)ccc21. The lowest BCUT2D eigenvalue weighted by molar-refractivity contribution is -0.136. The summed E-state index contributed by atoms with van der Waals surface area (Å²) in [5.41, 5.74) is 2.80. The Morgan fingerprint density at radius 2 is 1.76 bits per heavy atom. The van der Waals surface area contributed by atoms with Gasteiger partial charge in [-0.1, -0.05) is 44.2 Å². The molecule has 0 saturated carbocycles. The number of nitrogens with one attached hydrogen (secondary N) is 2. The topological polar surface area (TPSA) is 101 Å². The van der Waals surface area contributed by atoms with Crippen LogP contribution in [0.15, 0.2) is 79.0 Å². The summed E-state index contributed by atoms with van der Waals surface area (Å²) in [7, 11) is 0. The van der Waals surface area contributed by atoms with E-state index in [-0.39, 0.29) is 24.6 Å². The molecule has 0 bridgehead atoms. The van der Waals surface area contributed by atoms with Gasteiger partial charge in [0.1, 0.15) is 11.6 Å². The monoisotopic (exact) mass is 555 g/mol. The van der Waals surface area contributed by atoms with Crippen LogP contribution < -0.4 is 10.1 Å². The first-order valence-electron chi connectivity index (χ1n) is 13.3. The van der Waals surface area contributed by atoms with Crippen LogP contribution in [0.1, 0.15) is 48.0 Å². The smallest absolute Gasteiger partial charge is 0.412 e. The van der Waals surface area contributed by atoms with Gasteiger partial charge in [0, 0.05) is 47.2 Å². The van der Waals surface area contributed by atoms with Crippen molar-refractivity contribution in [2.24, 2.45) is 0 Å². The van der Waals surface area contributed by atoms with E-state index in [2.05, 4.69) is 10.3 Å². The van der Waals surface area contributed by atoms with Crippen molar-refractivity contribution in [2.75, 3.05) is 13.2 Å². The van der Waals surface area contributed by atoms with Gasteiger partial charge in [0.05, 0.1) is 17.9 Å². The summed E-state index contributed by atoms with van der Waals surface area (Å²) < 4.78 is 24.4. The van der Waals surface area contributed by atoms with Crippen molar-refractivity contribution in [1.82, 2.24) is 15.2 Å². The quantitative estimate of drug-likeness (QED) is 0.287. The van der Waals surface area contributed by atoms with Crippen molar-refractivity contribution in [3.05, 3.63) is 107 Å². The van der Waals surface area contributed by atoms with E-state index in [0.717, 1.165) is 16.5 Å². The number of carbonyl (C=O) groups excluding carboxylic acids is 3. The first-order valence-corrected chi connectivity index (χ1v) is 13.3. The molecule has 0 saturated heterocycles. The third-order valence-corrected chi connectivity index (χ3v) is 6.90. The summed E-state index contributed by atoms with van der Waals surface area (Å²) in [5.74, 6) is -1.08. The molecule has 0 fully saturated rings. The number of H-pyrrole nitrogens is 1. The molecule has 1 aliphatic rings. The predicted octanol–water partition coefficient (Wildman–Crippen LogP) is 5.93. The number of fused-ring (bicyclic) bond motifs is 3. The number of nitrogens with zero attached hydrogens (tertiary/aromatic N) is 1. The van der Waals surface area contributed by atoms with E-state index in [1.54, 1.807) is 19.1 Å². The lowest BCUT2D eigenvalue weighted by atomic mass is 9.81. The molecule has 0 radical (unpaired) electrons. The zero-order valence-corrected chi connectivity index (χ0v) is 23.0. The minimum atomic E-state index is -0.622. The number of rotatable bonds is 6. The molecule has 2 amide bonds. The van der Waals surface area contributed by atoms with E-state index in [1.165, 1.54) is 35.4 Å². The maximum absolute atomic E-state index is 13.5. The van der Waals surface area contributed by atoms with Crippen LogP contribution in [-0.4, -0.2) is 41.0 Å². The van der Waals surface area contributed by atoms with E-state index in [0.29, 0.717) is 29.1 Å². The fourth-order valence-corrected chi connectivity index (χ4v) is 5.08. The zero-order chi connectivity index (χ0) is 29.1. The lowest BCUT2D eigenvalue weighted by Gasteiger charge is -2.29. The van der Waals surface area contributed by atoms with Gasteiger partial charge >= 0.3 is 12.1 Å². The Balaban J connectivity index is 1.49. The predicted molar refractivity (Wildman–Crippen MR) is 153 cm³/mol. The van der Waals surface area contributed by atoms with Gasteiger partial charge in [0.25, 0.3) is 5.91 Å². The number of esters is 1. The molecule has 0 atom stereocenters. The van der Waals surface area contributed by atoms with Crippen LogP contribution in [0.3, 0.4) is 0 Å². The third kappa shape index (κ3) is 5.84. The molecule has 0 spiro atoms. The molecule has 9 heteroatoms. The molecular weight excluding hydrogens is 525 g/mol. The Hall–Kier alpha value is -4.92. The van der Waals surface area contributed by atoms with E-state index in [4.69, 9.17) is 9.47 Å². The Kier molecular flexibility index (Phi) is 7.61. The average molecular weight is 556 g/mol. The number of ether oxygens (including phenoxy) is 2. The minimum Gasteiger partial charge on any atom is -0.462 e. The highest BCUT2D eigenvalue weighted by Gasteiger charge is 2.37. The second-order valence-corrected chi connectivity index (χ2v) is 10.4. The van der Waals surface area contributed by atoms with Crippen LogP contribution in [0.5, 0.6) is 5.75 Å². The Bertz CT molecular complexity index is 1640. The largest absolute Gasteiger partial charge is 0.462 e. The van der Waals surface area contributed by atoms with E-state index in [9.17, 15) is 18.8 Å². The van der Waals surface area contributed by atoms with Gasteiger partial charge in [-0.2, -0.15) is 0 Å². The van der Waals surface area contributed by atoms with Gasteiger partial charge < -0.3 is 24.7 Å². The summed E-state index contributed by atoms with van der Waals surface area (Å²) in [6.07, 6.45) is 0.893. The highest BCUT2D eigenvalue weighted by Crippen LogP contribution is 2.41. The maximum atomic E-state index is 13.5. The molecule has 1 aliphatic heterocycles. The Labute approximate surface area is 236 Å². The maximum Gasteiger partial charge on any atom is 0.412 e. The number of aromatic nitrogens is 1. The Morgan fingerprint density at radius 3 is 2.46 bits per heavy atom. The summed E-state index contributed by atoms with van der Waals surface area (Å²) in [6, 6.07) is 20.0. The van der Waals surface area contributed by atoms with E-state index >= 15 is 0 Å². The second-order valence-electron chi connectivity index (χ2n) is 10.4. The van der Waals surface area contributed by atoms with Crippen LogP contribution in [-0.2, 0) is 21.5 Å². The molecule has 0 unspecified atom stereocenters. The average Bonchev–Trinajstić information content (AvgIpc) is 3.29.